The molecule has 0 spiro atoms. The van der Waals surface area contributed by atoms with E-state index in [1.54, 1.807) is 11.8 Å². The van der Waals surface area contributed by atoms with Crippen molar-refractivity contribution in [1.82, 2.24) is 19.8 Å². The van der Waals surface area contributed by atoms with E-state index >= 15 is 0 Å². The third-order valence-electron chi connectivity index (χ3n) is 4.17. The zero-order valence-electron chi connectivity index (χ0n) is 15.4. The molecule has 1 aliphatic rings. The summed E-state index contributed by atoms with van der Waals surface area (Å²) in [5.74, 6) is -0.548. The summed E-state index contributed by atoms with van der Waals surface area (Å²) in [6, 6.07) is 1.51. The molecule has 2 N–H and O–H groups in total. The Hall–Kier alpha value is -1.89. The van der Waals surface area contributed by atoms with Gasteiger partial charge in [0.1, 0.15) is 4.90 Å². The third-order valence-corrected chi connectivity index (χ3v) is 6.55. The molecular formula is C16H20ClF3N4O4S. The summed E-state index contributed by atoms with van der Waals surface area (Å²) in [5, 5.41) is 4.24. The molecule has 1 heterocycles. The lowest BCUT2D eigenvalue weighted by Crippen LogP contribution is -2.52. The van der Waals surface area contributed by atoms with Crippen molar-refractivity contribution in [2.75, 3.05) is 39.3 Å². The van der Waals surface area contributed by atoms with Crippen molar-refractivity contribution in [3.8, 4) is 0 Å². The smallest absolute Gasteiger partial charge is 0.338 e. The molecule has 0 aromatic heterocycles. The number of amides is 3. The van der Waals surface area contributed by atoms with E-state index in [4.69, 9.17) is 11.6 Å². The average Bonchev–Trinajstić information content (AvgIpc) is 2.61. The van der Waals surface area contributed by atoms with Crippen LogP contribution in [0.5, 0.6) is 0 Å². The first-order valence-electron chi connectivity index (χ1n) is 8.62. The number of hydrogen-bond acceptors (Lipinski definition) is 5. The van der Waals surface area contributed by atoms with E-state index in [-0.39, 0.29) is 37.7 Å². The number of sulfonamides is 1. The number of piperazine rings is 1. The summed E-state index contributed by atoms with van der Waals surface area (Å²) in [6.07, 6.45) is -4.70. The van der Waals surface area contributed by atoms with Gasteiger partial charge in [0.2, 0.25) is 15.9 Å². The third kappa shape index (κ3) is 6.04. The second kappa shape index (κ2) is 9.28. The first-order chi connectivity index (χ1) is 13.4. The number of alkyl halides is 3. The van der Waals surface area contributed by atoms with E-state index in [1.165, 1.54) is 0 Å². The first-order valence-corrected chi connectivity index (χ1v) is 10.4. The minimum atomic E-state index is -4.70. The lowest BCUT2D eigenvalue weighted by molar-refractivity contribution is -0.137. The molecule has 0 unspecified atom stereocenters. The molecule has 0 saturated carbocycles. The molecule has 0 atom stereocenters. The maximum Gasteiger partial charge on any atom is 0.416 e. The van der Waals surface area contributed by atoms with E-state index in [2.05, 4.69) is 10.6 Å². The van der Waals surface area contributed by atoms with Crippen LogP contribution in [-0.4, -0.2) is 68.8 Å². The molecule has 2 rings (SSSR count). The SMILES string of the molecule is CCNC(=O)NC(=O)CN1CCN(S(=O)(=O)c2cc(C(F)(F)F)ccc2Cl)CC1. The van der Waals surface area contributed by atoms with Crippen molar-refractivity contribution in [2.45, 2.75) is 18.0 Å². The molecule has 1 aromatic rings. The second-order valence-electron chi connectivity index (χ2n) is 6.23. The zero-order chi connectivity index (χ0) is 21.8. The number of carbonyl (C=O) groups excluding carboxylic acids is 2. The highest BCUT2D eigenvalue weighted by Crippen LogP contribution is 2.34. The maximum atomic E-state index is 12.9. The van der Waals surface area contributed by atoms with Crippen molar-refractivity contribution in [3.05, 3.63) is 28.8 Å². The number of carbonyl (C=O) groups is 2. The van der Waals surface area contributed by atoms with Gasteiger partial charge in [-0.25, -0.2) is 13.2 Å². The Morgan fingerprint density at radius 2 is 1.79 bits per heavy atom. The van der Waals surface area contributed by atoms with E-state index in [0.717, 1.165) is 10.4 Å². The molecule has 162 valence electrons. The first kappa shape index (κ1) is 23.4. The fourth-order valence-electron chi connectivity index (χ4n) is 2.72. The van der Waals surface area contributed by atoms with Crippen LogP contribution in [0.25, 0.3) is 0 Å². The van der Waals surface area contributed by atoms with E-state index < -0.39 is 38.6 Å². The lowest BCUT2D eigenvalue weighted by Gasteiger charge is -2.33. The standard InChI is InChI=1S/C16H20ClF3N4O4S/c1-2-21-15(26)22-14(25)10-23-5-7-24(8-6-23)29(27,28)13-9-11(16(18,19)20)3-4-12(13)17/h3-4,9H,2,5-8,10H2,1H3,(H2,21,22,25,26). The number of halogens is 4. The van der Waals surface area contributed by atoms with Gasteiger partial charge >= 0.3 is 12.2 Å². The predicted octanol–water partition coefficient (Wildman–Crippen LogP) is 1.51. The summed E-state index contributed by atoms with van der Waals surface area (Å²) >= 11 is 5.85. The van der Waals surface area contributed by atoms with Crippen molar-refractivity contribution in [1.29, 1.82) is 0 Å². The van der Waals surface area contributed by atoms with Gasteiger partial charge < -0.3 is 5.32 Å². The highest BCUT2D eigenvalue weighted by molar-refractivity contribution is 7.89. The molecule has 1 aromatic carbocycles. The predicted molar refractivity (Wildman–Crippen MR) is 98.9 cm³/mol. The largest absolute Gasteiger partial charge is 0.416 e. The van der Waals surface area contributed by atoms with Gasteiger partial charge in [0.15, 0.2) is 0 Å². The highest BCUT2D eigenvalue weighted by atomic mass is 35.5. The highest BCUT2D eigenvalue weighted by Gasteiger charge is 2.35. The number of rotatable bonds is 5. The van der Waals surface area contributed by atoms with Crippen molar-refractivity contribution in [3.63, 3.8) is 0 Å². The van der Waals surface area contributed by atoms with Crippen LogP contribution in [-0.2, 0) is 21.0 Å². The summed E-state index contributed by atoms with van der Waals surface area (Å²) in [7, 11) is -4.24. The lowest BCUT2D eigenvalue weighted by atomic mass is 10.2. The monoisotopic (exact) mass is 456 g/mol. The number of urea groups is 1. The van der Waals surface area contributed by atoms with Crippen molar-refractivity contribution >= 4 is 33.6 Å². The molecule has 1 saturated heterocycles. The molecule has 1 aliphatic heterocycles. The molecule has 1 fully saturated rings. The molecule has 13 heteroatoms. The van der Waals surface area contributed by atoms with Crippen LogP contribution in [0.4, 0.5) is 18.0 Å². The minimum absolute atomic E-state index is 0.0383. The Morgan fingerprint density at radius 3 is 2.34 bits per heavy atom. The van der Waals surface area contributed by atoms with Gasteiger partial charge in [0, 0.05) is 32.7 Å². The van der Waals surface area contributed by atoms with Gasteiger partial charge in [0.05, 0.1) is 17.1 Å². The van der Waals surface area contributed by atoms with Crippen molar-refractivity contribution < 1.29 is 31.2 Å². The molecule has 0 bridgehead atoms. The van der Waals surface area contributed by atoms with Gasteiger partial charge in [-0.3, -0.25) is 15.0 Å². The summed E-state index contributed by atoms with van der Waals surface area (Å²) in [6.45, 7) is 2.19. The second-order valence-corrected chi connectivity index (χ2v) is 8.54. The van der Waals surface area contributed by atoms with Crippen molar-refractivity contribution in [2.24, 2.45) is 0 Å². The normalized spacial score (nSPS) is 16.4. The summed E-state index contributed by atoms with van der Waals surface area (Å²) in [4.78, 5) is 24.1. The molecule has 0 aliphatic carbocycles. The molecular weight excluding hydrogens is 437 g/mol. The molecule has 8 nitrogen and oxygen atoms in total. The fraction of sp³-hybridized carbons (Fsp3) is 0.500. The molecule has 29 heavy (non-hydrogen) atoms. The van der Waals surface area contributed by atoms with Crippen LogP contribution >= 0.6 is 11.6 Å². The van der Waals surface area contributed by atoms with Gasteiger partial charge in [-0.2, -0.15) is 17.5 Å². The van der Waals surface area contributed by atoms with Gasteiger partial charge in [0.25, 0.3) is 0 Å². The Bertz CT molecular complexity index is 871. The van der Waals surface area contributed by atoms with Crippen LogP contribution in [0.15, 0.2) is 23.1 Å². The van der Waals surface area contributed by atoms with E-state index in [1.807, 2.05) is 0 Å². The Labute approximate surface area is 171 Å². The molecule has 3 amide bonds. The summed E-state index contributed by atoms with van der Waals surface area (Å²) < 4.78 is 65.3. The van der Waals surface area contributed by atoms with Crippen LogP contribution in [0.3, 0.4) is 0 Å². The Kier molecular flexibility index (Phi) is 7.49. The van der Waals surface area contributed by atoms with Crippen LogP contribution in [0, 0.1) is 0 Å². The Morgan fingerprint density at radius 1 is 1.17 bits per heavy atom. The van der Waals surface area contributed by atoms with Crippen LogP contribution < -0.4 is 10.6 Å². The minimum Gasteiger partial charge on any atom is -0.338 e. The Balaban J connectivity index is 2.03. The summed E-state index contributed by atoms with van der Waals surface area (Å²) in [5.41, 5.74) is -1.11. The topological polar surface area (TPSA) is 98.8 Å². The fourth-order valence-corrected chi connectivity index (χ4v) is 4.64. The number of benzene rings is 1. The van der Waals surface area contributed by atoms with E-state index in [0.29, 0.717) is 18.7 Å². The van der Waals surface area contributed by atoms with Crippen LogP contribution in [0.1, 0.15) is 12.5 Å². The van der Waals surface area contributed by atoms with Gasteiger partial charge in [-0.1, -0.05) is 11.6 Å². The van der Waals surface area contributed by atoms with Gasteiger partial charge in [-0.05, 0) is 25.1 Å². The average molecular weight is 457 g/mol. The number of nitrogens with one attached hydrogen (secondary N) is 2. The number of hydrogen-bond donors (Lipinski definition) is 2. The van der Waals surface area contributed by atoms with Crippen LogP contribution in [0.2, 0.25) is 5.02 Å². The molecule has 0 radical (unpaired) electrons. The maximum absolute atomic E-state index is 12.9. The number of nitrogens with zero attached hydrogens (tertiary/aromatic N) is 2. The van der Waals surface area contributed by atoms with Gasteiger partial charge in [-0.15, -0.1) is 0 Å². The van der Waals surface area contributed by atoms with E-state index in [9.17, 15) is 31.2 Å². The number of imide groups is 1. The zero-order valence-corrected chi connectivity index (χ0v) is 17.0. The quantitative estimate of drug-likeness (QED) is 0.700.